The average Bonchev–Trinajstić information content (AvgIpc) is 2.73. The van der Waals surface area contributed by atoms with Crippen molar-refractivity contribution in [2.24, 2.45) is 35.5 Å². The molecule has 0 radical (unpaired) electrons. The van der Waals surface area contributed by atoms with Crippen molar-refractivity contribution in [1.29, 1.82) is 0 Å². The van der Waals surface area contributed by atoms with Gasteiger partial charge in [0.05, 0.1) is 17.5 Å². The fraction of sp³-hybridized carbons (Fsp3) is 0.333. The van der Waals surface area contributed by atoms with Crippen LogP contribution in [0.3, 0.4) is 0 Å². The number of rotatable bonds is 1. The minimum atomic E-state index is -0.154. The Balaban J connectivity index is 1.61. The molecule has 6 atom stereocenters. The molecule has 0 aromatic heterocycles. The molecule has 3 heteroatoms. The third-order valence-corrected chi connectivity index (χ3v) is 5.69. The number of hydrogen-bond acceptors (Lipinski definition) is 2. The lowest BCUT2D eigenvalue weighted by molar-refractivity contribution is -0.127. The van der Waals surface area contributed by atoms with Crippen LogP contribution in [-0.2, 0) is 9.59 Å². The van der Waals surface area contributed by atoms with E-state index in [1.807, 2.05) is 30.3 Å². The maximum atomic E-state index is 12.9. The van der Waals surface area contributed by atoms with Gasteiger partial charge in [-0.1, -0.05) is 42.5 Å². The Morgan fingerprint density at radius 3 is 1.62 bits per heavy atom. The molecule has 3 nitrogen and oxygen atoms in total. The highest BCUT2D eigenvalue weighted by Gasteiger charge is 2.62. The van der Waals surface area contributed by atoms with Gasteiger partial charge in [-0.15, -0.1) is 0 Å². The Bertz CT molecular complexity index is 665. The lowest BCUT2D eigenvalue weighted by atomic mass is 9.50. The summed E-state index contributed by atoms with van der Waals surface area (Å²) < 4.78 is 0. The molecule has 104 valence electrons. The monoisotopic (exact) mass is 277 g/mol. The van der Waals surface area contributed by atoms with Gasteiger partial charge in [0.1, 0.15) is 0 Å². The lowest BCUT2D eigenvalue weighted by Gasteiger charge is -2.51. The Hall–Kier alpha value is -2.16. The summed E-state index contributed by atoms with van der Waals surface area (Å²) in [4.78, 5) is 27.2. The van der Waals surface area contributed by atoms with Crippen molar-refractivity contribution < 1.29 is 9.59 Å². The van der Waals surface area contributed by atoms with E-state index >= 15 is 0 Å². The molecular formula is C18H15NO2. The van der Waals surface area contributed by atoms with E-state index in [4.69, 9.17) is 0 Å². The quantitative estimate of drug-likeness (QED) is 0.584. The molecule has 6 rings (SSSR count). The van der Waals surface area contributed by atoms with Crippen LogP contribution in [0.4, 0.5) is 5.69 Å². The molecular weight excluding hydrogens is 262 g/mol. The van der Waals surface area contributed by atoms with E-state index < -0.39 is 0 Å². The molecule has 2 fully saturated rings. The molecule has 0 spiro atoms. The Morgan fingerprint density at radius 2 is 1.14 bits per heavy atom. The van der Waals surface area contributed by atoms with Crippen LogP contribution in [0, 0.1) is 35.5 Å². The maximum Gasteiger partial charge on any atom is 0.238 e. The number of nitrogens with zero attached hydrogens (tertiary/aromatic N) is 1. The second-order valence-corrected chi connectivity index (χ2v) is 6.48. The van der Waals surface area contributed by atoms with E-state index in [1.54, 1.807) is 0 Å². The van der Waals surface area contributed by atoms with E-state index in [-0.39, 0.29) is 35.5 Å². The summed E-state index contributed by atoms with van der Waals surface area (Å²) >= 11 is 0. The van der Waals surface area contributed by atoms with Crippen LogP contribution in [0.5, 0.6) is 0 Å². The second kappa shape index (κ2) is 3.73. The number of carbonyl (C=O) groups excluding carboxylic acids is 2. The molecule has 1 aromatic rings. The fourth-order valence-electron chi connectivity index (χ4n) is 4.72. The van der Waals surface area contributed by atoms with Crippen molar-refractivity contribution in [3.63, 3.8) is 0 Å². The van der Waals surface area contributed by atoms with Crippen LogP contribution < -0.4 is 4.90 Å². The van der Waals surface area contributed by atoms with Gasteiger partial charge in [-0.2, -0.15) is 0 Å². The molecule has 2 bridgehead atoms. The largest absolute Gasteiger partial charge is 0.274 e. The second-order valence-electron chi connectivity index (χ2n) is 6.48. The van der Waals surface area contributed by atoms with Gasteiger partial charge in [-0.3, -0.25) is 14.5 Å². The molecule has 1 heterocycles. The SMILES string of the molecule is O=C1[C@@H]2[C@H]3C=C[C@@H]([C@H]4C=C[C@H]43)[C@H]2C(=O)N1c1ccccc1. The summed E-state index contributed by atoms with van der Waals surface area (Å²) in [5, 5.41) is 0. The first-order chi connectivity index (χ1) is 10.3. The van der Waals surface area contributed by atoms with Crippen LogP contribution in [-0.4, -0.2) is 11.8 Å². The van der Waals surface area contributed by atoms with E-state index in [1.165, 1.54) is 4.90 Å². The minimum Gasteiger partial charge on any atom is -0.274 e. The maximum absolute atomic E-state index is 12.9. The van der Waals surface area contributed by atoms with Crippen molar-refractivity contribution in [2.45, 2.75) is 0 Å². The highest BCUT2D eigenvalue weighted by Crippen LogP contribution is 2.58. The Morgan fingerprint density at radius 1 is 0.667 bits per heavy atom. The zero-order chi connectivity index (χ0) is 14.1. The van der Waals surface area contributed by atoms with Gasteiger partial charge in [-0.25, -0.2) is 0 Å². The normalized spacial score (nSPS) is 42.0. The van der Waals surface area contributed by atoms with E-state index in [9.17, 15) is 9.59 Å². The summed E-state index contributed by atoms with van der Waals surface area (Å²) in [6, 6.07) is 9.33. The minimum absolute atomic E-state index is 0.00528. The number of allylic oxidation sites excluding steroid dienone is 4. The van der Waals surface area contributed by atoms with Crippen LogP contribution in [0.2, 0.25) is 0 Å². The molecule has 2 amide bonds. The standard InChI is InChI=1S/C18H15NO2/c20-17-15-13-8-9-14(12-7-6-11(12)13)16(15)18(21)19(17)10-4-2-1-3-5-10/h1-9,11-16H/t11-,12+,13-,14-,15+,16+/m0/s1. The number of para-hydroxylation sites is 1. The first-order valence-corrected chi connectivity index (χ1v) is 7.57. The van der Waals surface area contributed by atoms with E-state index in [0.29, 0.717) is 17.5 Å². The molecule has 21 heavy (non-hydrogen) atoms. The summed E-state index contributed by atoms with van der Waals surface area (Å²) in [6.45, 7) is 0. The van der Waals surface area contributed by atoms with Crippen LogP contribution >= 0.6 is 0 Å². The first kappa shape index (κ1) is 11.5. The van der Waals surface area contributed by atoms with Crippen LogP contribution in [0.1, 0.15) is 0 Å². The number of carbonyl (C=O) groups is 2. The van der Waals surface area contributed by atoms with Crippen molar-refractivity contribution in [3.05, 3.63) is 54.6 Å². The third-order valence-electron chi connectivity index (χ3n) is 5.69. The molecule has 5 aliphatic rings. The molecule has 1 saturated carbocycles. The molecule has 4 aliphatic carbocycles. The summed E-state index contributed by atoms with van der Waals surface area (Å²) in [5.74, 6) is 1.03. The van der Waals surface area contributed by atoms with Crippen molar-refractivity contribution >= 4 is 17.5 Å². The predicted molar refractivity (Wildman–Crippen MR) is 78.2 cm³/mol. The zero-order valence-corrected chi connectivity index (χ0v) is 11.4. The highest BCUT2D eigenvalue weighted by atomic mass is 16.2. The smallest absolute Gasteiger partial charge is 0.238 e. The topological polar surface area (TPSA) is 37.4 Å². The Kier molecular flexibility index (Phi) is 2.04. The van der Waals surface area contributed by atoms with E-state index in [2.05, 4.69) is 24.3 Å². The van der Waals surface area contributed by atoms with Crippen molar-refractivity contribution in [2.75, 3.05) is 4.90 Å². The third kappa shape index (κ3) is 1.25. The zero-order valence-electron chi connectivity index (χ0n) is 11.4. The molecule has 1 saturated heterocycles. The van der Waals surface area contributed by atoms with Gasteiger partial charge in [-0.05, 0) is 35.8 Å². The summed E-state index contributed by atoms with van der Waals surface area (Å²) in [7, 11) is 0. The number of amides is 2. The Labute approximate surface area is 122 Å². The van der Waals surface area contributed by atoms with Gasteiger partial charge in [0, 0.05) is 0 Å². The molecule has 1 aliphatic heterocycles. The predicted octanol–water partition coefficient (Wildman–Crippen LogP) is 2.41. The lowest BCUT2D eigenvalue weighted by Crippen LogP contribution is -2.50. The van der Waals surface area contributed by atoms with Gasteiger partial charge in [0.15, 0.2) is 0 Å². The van der Waals surface area contributed by atoms with Crippen molar-refractivity contribution in [1.82, 2.24) is 0 Å². The van der Waals surface area contributed by atoms with Gasteiger partial charge in [0.25, 0.3) is 0 Å². The van der Waals surface area contributed by atoms with Crippen LogP contribution in [0.25, 0.3) is 0 Å². The van der Waals surface area contributed by atoms with Crippen LogP contribution in [0.15, 0.2) is 54.6 Å². The fourth-order valence-corrected chi connectivity index (χ4v) is 4.72. The summed E-state index contributed by atoms with van der Waals surface area (Å²) in [6.07, 6.45) is 8.78. The molecule has 1 aromatic carbocycles. The molecule has 0 unspecified atom stereocenters. The van der Waals surface area contributed by atoms with Crippen molar-refractivity contribution in [3.8, 4) is 0 Å². The number of imide groups is 1. The van der Waals surface area contributed by atoms with Gasteiger partial charge >= 0.3 is 0 Å². The number of hydrogen-bond donors (Lipinski definition) is 0. The highest BCUT2D eigenvalue weighted by molar-refractivity contribution is 6.22. The number of anilines is 1. The van der Waals surface area contributed by atoms with Gasteiger partial charge < -0.3 is 0 Å². The average molecular weight is 277 g/mol. The number of benzene rings is 1. The molecule has 0 N–H and O–H groups in total. The van der Waals surface area contributed by atoms with E-state index in [0.717, 1.165) is 0 Å². The summed E-state index contributed by atoms with van der Waals surface area (Å²) in [5.41, 5.74) is 0.710. The first-order valence-electron chi connectivity index (χ1n) is 7.57. The van der Waals surface area contributed by atoms with Gasteiger partial charge in [0.2, 0.25) is 11.8 Å².